The van der Waals surface area contributed by atoms with Crippen LogP contribution in [0, 0.1) is 0 Å². The van der Waals surface area contributed by atoms with E-state index in [1.54, 1.807) is 4.90 Å². The number of hydrogen-bond acceptors (Lipinski definition) is 4. The third-order valence-corrected chi connectivity index (χ3v) is 6.51. The molecule has 1 aliphatic heterocycles. The normalized spacial score (nSPS) is 16.5. The van der Waals surface area contributed by atoms with Crippen molar-refractivity contribution < 1.29 is 4.79 Å². The van der Waals surface area contributed by atoms with Gasteiger partial charge in [0, 0.05) is 22.4 Å². The summed E-state index contributed by atoms with van der Waals surface area (Å²) in [5.74, 6) is 0.0271. The van der Waals surface area contributed by atoms with Gasteiger partial charge in [-0.1, -0.05) is 76.3 Å². The van der Waals surface area contributed by atoms with Gasteiger partial charge in [0.15, 0.2) is 0 Å². The average molecular weight is 469 g/mol. The zero-order valence-electron chi connectivity index (χ0n) is 14.9. The van der Waals surface area contributed by atoms with Crippen molar-refractivity contribution in [3.05, 3.63) is 89.4 Å². The van der Waals surface area contributed by atoms with Crippen LogP contribution >= 0.6 is 39.9 Å². The van der Waals surface area contributed by atoms with E-state index in [1.807, 2.05) is 60.7 Å². The highest BCUT2D eigenvalue weighted by molar-refractivity contribution is 9.10. The summed E-state index contributed by atoms with van der Waals surface area (Å²) in [5.41, 5.74) is 2.90. The molecule has 1 heterocycles. The van der Waals surface area contributed by atoms with Crippen LogP contribution in [0.2, 0.25) is 0 Å². The fourth-order valence-electron chi connectivity index (χ4n) is 3.14. The van der Waals surface area contributed by atoms with E-state index in [9.17, 15) is 4.79 Å². The molecular formula is C22H17BrN2OS2. The molecule has 0 aliphatic carbocycles. The Hall–Kier alpha value is -2.15. The standard InChI is InChI=1S/C22H17BrN2OS2/c23-16-11-13-18(14-12-16)24(17-7-3-1-4-8-17)15-20-21(26)25(22(27)28-20)19-9-5-2-6-10-19/h1-14,20H,15H2. The molecule has 0 aromatic heterocycles. The van der Waals surface area contributed by atoms with Crippen LogP contribution in [-0.2, 0) is 4.79 Å². The van der Waals surface area contributed by atoms with Crippen molar-refractivity contribution >= 4 is 67.2 Å². The topological polar surface area (TPSA) is 23.6 Å². The van der Waals surface area contributed by atoms with E-state index < -0.39 is 0 Å². The summed E-state index contributed by atoms with van der Waals surface area (Å²) < 4.78 is 1.62. The molecule has 1 unspecified atom stereocenters. The van der Waals surface area contributed by atoms with Gasteiger partial charge in [-0.2, -0.15) is 0 Å². The lowest BCUT2D eigenvalue weighted by Gasteiger charge is -2.27. The zero-order chi connectivity index (χ0) is 19.5. The maximum absolute atomic E-state index is 13.2. The average Bonchev–Trinajstić information content (AvgIpc) is 3.01. The van der Waals surface area contributed by atoms with Gasteiger partial charge in [-0.3, -0.25) is 9.69 Å². The molecule has 0 N–H and O–H groups in total. The number of amides is 1. The Balaban J connectivity index is 1.63. The van der Waals surface area contributed by atoms with Crippen molar-refractivity contribution in [1.29, 1.82) is 0 Å². The number of anilines is 3. The van der Waals surface area contributed by atoms with E-state index in [-0.39, 0.29) is 11.2 Å². The van der Waals surface area contributed by atoms with Crippen LogP contribution in [-0.4, -0.2) is 22.0 Å². The van der Waals surface area contributed by atoms with Crippen LogP contribution < -0.4 is 9.80 Å². The summed E-state index contributed by atoms with van der Waals surface area (Å²) in [6.45, 7) is 0.540. The first-order chi connectivity index (χ1) is 13.6. The molecule has 0 radical (unpaired) electrons. The van der Waals surface area contributed by atoms with Crippen molar-refractivity contribution in [2.24, 2.45) is 0 Å². The summed E-state index contributed by atoms with van der Waals surface area (Å²) in [6, 6.07) is 27.8. The number of benzene rings is 3. The van der Waals surface area contributed by atoms with Gasteiger partial charge in [-0.05, 0) is 48.5 Å². The lowest BCUT2D eigenvalue weighted by molar-refractivity contribution is -0.116. The number of rotatable bonds is 5. The molecule has 1 amide bonds. The van der Waals surface area contributed by atoms with Gasteiger partial charge >= 0.3 is 0 Å². The molecule has 4 rings (SSSR count). The van der Waals surface area contributed by atoms with E-state index in [4.69, 9.17) is 12.2 Å². The van der Waals surface area contributed by atoms with Gasteiger partial charge in [0.1, 0.15) is 9.57 Å². The summed E-state index contributed by atoms with van der Waals surface area (Å²) in [6.07, 6.45) is 0. The van der Waals surface area contributed by atoms with Crippen molar-refractivity contribution in [3.8, 4) is 0 Å². The van der Waals surface area contributed by atoms with E-state index in [0.29, 0.717) is 10.9 Å². The first-order valence-corrected chi connectivity index (χ1v) is 10.9. The van der Waals surface area contributed by atoms with E-state index in [2.05, 4.69) is 45.1 Å². The van der Waals surface area contributed by atoms with Gasteiger partial charge in [-0.15, -0.1) is 0 Å². The molecule has 1 atom stereocenters. The van der Waals surface area contributed by atoms with E-state index in [1.165, 1.54) is 11.8 Å². The Morgan fingerprint density at radius 1 is 0.893 bits per heavy atom. The number of carbonyl (C=O) groups is 1. The van der Waals surface area contributed by atoms with Crippen molar-refractivity contribution in [2.75, 3.05) is 16.3 Å². The highest BCUT2D eigenvalue weighted by Crippen LogP contribution is 2.35. The number of para-hydroxylation sites is 2. The molecule has 1 fully saturated rings. The van der Waals surface area contributed by atoms with Gasteiger partial charge in [0.25, 0.3) is 0 Å². The minimum atomic E-state index is -0.267. The lowest BCUT2D eigenvalue weighted by Crippen LogP contribution is -2.36. The predicted molar refractivity (Wildman–Crippen MR) is 125 cm³/mol. The Morgan fingerprint density at radius 2 is 1.46 bits per heavy atom. The lowest BCUT2D eigenvalue weighted by atomic mass is 10.2. The predicted octanol–water partition coefficient (Wildman–Crippen LogP) is 6.02. The maximum atomic E-state index is 13.2. The Labute approximate surface area is 182 Å². The number of hydrogen-bond donors (Lipinski definition) is 0. The second-order valence-corrected chi connectivity index (χ2v) is 9.06. The number of thiocarbonyl (C=S) groups is 1. The molecular weight excluding hydrogens is 452 g/mol. The third kappa shape index (κ3) is 3.99. The molecule has 0 spiro atoms. The van der Waals surface area contributed by atoms with E-state index in [0.717, 1.165) is 21.5 Å². The van der Waals surface area contributed by atoms with Gasteiger partial charge in [0.05, 0.1) is 5.69 Å². The van der Waals surface area contributed by atoms with Crippen LogP contribution in [0.15, 0.2) is 89.4 Å². The van der Waals surface area contributed by atoms with Crippen LogP contribution in [0.4, 0.5) is 17.1 Å². The molecule has 3 aromatic rings. The highest BCUT2D eigenvalue weighted by Gasteiger charge is 2.39. The Morgan fingerprint density at radius 3 is 2.11 bits per heavy atom. The molecule has 1 saturated heterocycles. The largest absolute Gasteiger partial charge is 0.340 e. The third-order valence-electron chi connectivity index (χ3n) is 4.49. The zero-order valence-corrected chi connectivity index (χ0v) is 18.1. The summed E-state index contributed by atoms with van der Waals surface area (Å²) in [4.78, 5) is 17.0. The monoisotopic (exact) mass is 468 g/mol. The number of thioether (sulfide) groups is 1. The second kappa shape index (κ2) is 8.47. The molecule has 140 valence electrons. The maximum Gasteiger partial charge on any atom is 0.248 e. The molecule has 28 heavy (non-hydrogen) atoms. The van der Waals surface area contributed by atoms with Crippen LogP contribution in [0.25, 0.3) is 0 Å². The fraction of sp³-hybridized carbons (Fsp3) is 0.0909. The van der Waals surface area contributed by atoms with E-state index >= 15 is 0 Å². The van der Waals surface area contributed by atoms with Crippen LogP contribution in [0.1, 0.15) is 0 Å². The minimum absolute atomic E-state index is 0.0271. The van der Waals surface area contributed by atoms with Gasteiger partial charge < -0.3 is 4.90 Å². The Bertz CT molecular complexity index is 980. The molecule has 0 bridgehead atoms. The minimum Gasteiger partial charge on any atom is -0.340 e. The quantitative estimate of drug-likeness (QED) is 0.427. The number of nitrogens with zero attached hydrogens (tertiary/aromatic N) is 2. The van der Waals surface area contributed by atoms with Crippen molar-refractivity contribution in [3.63, 3.8) is 0 Å². The SMILES string of the molecule is O=C1C(CN(c2ccccc2)c2ccc(Br)cc2)SC(=S)N1c1ccccc1. The molecule has 1 aliphatic rings. The fourth-order valence-corrected chi connectivity index (χ4v) is 4.92. The van der Waals surface area contributed by atoms with Crippen molar-refractivity contribution in [1.82, 2.24) is 0 Å². The van der Waals surface area contributed by atoms with Gasteiger partial charge in [-0.25, -0.2) is 0 Å². The summed E-state index contributed by atoms with van der Waals surface area (Å²) in [7, 11) is 0. The second-order valence-electron chi connectivity index (χ2n) is 6.30. The summed E-state index contributed by atoms with van der Waals surface area (Å²) >= 11 is 10.5. The van der Waals surface area contributed by atoms with Crippen LogP contribution in [0.3, 0.4) is 0 Å². The summed E-state index contributed by atoms with van der Waals surface area (Å²) in [5, 5.41) is -0.267. The number of halogens is 1. The molecule has 0 saturated carbocycles. The number of carbonyl (C=O) groups excluding carboxylic acids is 1. The molecule has 3 aromatic carbocycles. The first kappa shape index (κ1) is 19.2. The smallest absolute Gasteiger partial charge is 0.248 e. The molecule has 6 heteroatoms. The molecule has 3 nitrogen and oxygen atoms in total. The van der Waals surface area contributed by atoms with Crippen molar-refractivity contribution in [2.45, 2.75) is 5.25 Å². The highest BCUT2D eigenvalue weighted by atomic mass is 79.9. The van der Waals surface area contributed by atoms with Gasteiger partial charge in [0.2, 0.25) is 5.91 Å². The Kier molecular flexibility index (Phi) is 5.80. The van der Waals surface area contributed by atoms with Crippen LogP contribution in [0.5, 0.6) is 0 Å². The first-order valence-electron chi connectivity index (χ1n) is 8.81.